The van der Waals surface area contributed by atoms with E-state index in [0.717, 1.165) is 54.4 Å². The zero-order valence-corrected chi connectivity index (χ0v) is 15.6. The van der Waals surface area contributed by atoms with Gasteiger partial charge in [0, 0.05) is 56.1 Å². The van der Waals surface area contributed by atoms with Gasteiger partial charge in [0.15, 0.2) is 0 Å². The lowest BCUT2D eigenvalue weighted by Crippen LogP contribution is -2.47. The number of rotatable bonds is 3. The quantitative estimate of drug-likeness (QED) is 0.505. The number of benzene rings is 1. The Morgan fingerprint density at radius 1 is 1.04 bits per heavy atom. The van der Waals surface area contributed by atoms with Gasteiger partial charge in [-0.05, 0) is 30.7 Å². The number of nitrogens with zero attached hydrogens (tertiary/aromatic N) is 6. The molecule has 0 saturated carbocycles. The molecule has 0 amide bonds. The molecule has 0 atom stereocenters. The molecule has 0 aliphatic carbocycles. The number of hydrogen-bond acceptors (Lipinski definition) is 7. The van der Waals surface area contributed by atoms with Crippen LogP contribution in [0.2, 0.25) is 0 Å². The second kappa shape index (κ2) is 7.71. The summed E-state index contributed by atoms with van der Waals surface area (Å²) in [5, 5.41) is 11.8. The number of anilines is 2. The molecular weight excluding hydrogens is 368 g/mol. The molecule has 8 nitrogen and oxygen atoms in total. The zero-order chi connectivity index (χ0) is 18.1. The minimum absolute atomic E-state index is 0. The van der Waals surface area contributed by atoms with E-state index in [0.29, 0.717) is 0 Å². The van der Waals surface area contributed by atoms with Crippen molar-refractivity contribution in [2.75, 3.05) is 36.0 Å². The number of aryl methyl sites for hydroxylation is 1. The van der Waals surface area contributed by atoms with E-state index in [1.807, 2.05) is 19.1 Å². The van der Waals surface area contributed by atoms with Crippen LogP contribution in [0.1, 0.15) is 5.56 Å². The van der Waals surface area contributed by atoms with E-state index in [1.165, 1.54) is 6.07 Å². The standard InChI is InChI=1S/C18H18N6O2.ClH/c1-13-11-17(21-16-4-3-14(24(25)26)12-15(13)16)22-7-9-23(10-8-22)18-19-5-2-6-20-18;/h2-6,11-12H,7-10H2,1H3;1H. The fourth-order valence-electron chi connectivity index (χ4n) is 3.23. The summed E-state index contributed by atoms with van der Waals surface area (Å²) in [6, 6.07) is 8.62. The Bertz CT molecular complexity index is 961. The third-order valence-corrected chi connectivity index (χ3v) is 4.64. The molecule has 4 rings (SSSR count). The van der Waals surface area contributed by atoms with Crippen LogP contribution >= 0.6 is 12.4 Å². The largest absolute Gasteiger partial charge is 0.353 e. The number of non-ortho nitro benzene ring substituents is 1. The number of aromatic nitrogens is 3. The lowest BCUT2D eigenvalue weighted by Gasteiger charge is -2.35. The molecular formula is C18H19ClN6O2. The van der Waals surface area contributed by atoms with Crippen molar-refractivity contribution < 1.29 is 4.92 Å². The molecule has 0 spiro atoms. The van der Waals surface area contributed by atoms with Gasteiger partial charge in [-0.15, -0.1) is 12.4 Å². The van der Waals surface area contributed by atoms with Crippen LogP contribution in [0.25, 0.3) is 10.9 Å². The molecule has 140 valence electrons. The van der Waals surface area contributed by atoms with E-state index in [-0.39, 0.29) is 23.0 Å². The summed E-state index contributed by atoms with van der Waals surface area (Å²) in [7, 11) is 0. The number of piperazine rings is 1. The topological polar surface area (TPSA) is 88.3 Å². The highest BCUT2D eigenvalue weighted by Gasteiger charge is 2.20. The minimum atomic E-state index is -0.377. The van der Waals surface area contributed by atoms with Crippen LogP contribution in [0, 0.1) is 17.0 Å². The molecule has 2 aromatic heterocycles. The maximum atomic E-state index is 11.0. The highest BCUT2D eigenvalue weighted by atomic mass is 35.5. The van der Waals surface area contributed by atoms with E-state index in [2.05, 4.69) is 19.8 Å². The van der Waals surface area contributed by atoms with Crippen molar-refractivity contribution in [2.24, 2.45) is 0 Å². The Kier molecular flexibility index (Phi) is 5.36. The van der Waals surface area contributed by atoms with Crippen molar-refractivity contribution >= 4 is 40.8 Å². The molecule has 0 radical (unpaired) electrons. The van der Waals surface area contributed by atoms with Crippen LogP contribution in [0.5, 0.6) is 0 Å². The Hall–Kier alpha value is -3.00. The van der Waals surface area contributed by atoms with Crippen LogP contribution in [0.15, 0.2) is 42.7 Å². The van der Waals surface area contributed by atoms with E-state index < -0.39 is 0 Å². The Morgan fingerprint density at radius 2 is 1.70 bits per heavy atom. The van der Waals surface area contributed by atoms with Crippen LogP contribution in [-0.2, 0) is 0 Å². The SMILES string of the molecule is Cc1cc(N2CCN(c3ncccn3)CC2)nc2ccc([N+](=O)[O-])cc12.Cl. The highest BCUT2D eigenvalue weighted by Crippen LogP contribution is 2.27. The molecule has 0 unspecified atom stereocenters. The van der Waals surface area contributed by atoms with Crippen LogP contribution in [0.4, 0.5) is 17.5 Å². The summed E-state index contributed by atoms with van der Waals surface area (Å²) in [6.45, 7) is 5.25. The van der Waals surface area contributed by atoms with E-state index in [4.69, 9.17) is 4.98 Å². The van der Waals surface area contributed by atoms with Gasteiger partial charge in [-0.1, -0.05) is 0 Å². The number of nitro groups is 1. The second-order valence-electron chi connectivity index (χ2n) is 6.28. The molecule has 0 bridgehead atoms. The first-order valence-corrected chi connectivity index (χ1v) is 8.44. The third-order valence-electron chi connectivity index (χ3n) is 4.64. The van der Waals surface area contributed by atoms with Gasteiger partial charge in [-0.2, -0.15) is 0 Å². The number of halogens is 1. The van der Waals surface area contributed by atoms with Crippen molar-refractivity contribution in [3.63, 3.8) is 0 Å². The molecule has 1 aliphatic rings. The van der Waals surface area contributed by atoms with Crippen LogP contribution in [0.3, 0.4) is 0 Å². The molecule has 3 heterocycles. The lowest BCUT2D eigenvalue weighted by molar-refractivity contribution is -0.384. The Labute approximate surface area is 162 Å². The van der Waals surface area contributed by atoms with Crippen LogP contribution in [-0.4, -0.2) is 46.1 Å². The fraction of sp³-hybridized carbons (Fsp3) is 0.278. The second-order valence-corrected chi connectivity index (χ2v) is 6.28. The molecule has 0 N–H and O–H groups in total. The maximum Gasteiger partial charge on any atom is 0.270 e. The van der Waals surface area contributed by atoms with Crippen molar-refractivity contribution in [3.8, 4) is 0 Å². The summed E-state index contributed by atoms with van der Waals surface area (Å²) < 4.78 is 0. The van der Waals surface area contributed by atoms with Crippen molar-refractivity contribution in [3.05, 3.63) is 58.4 Å². The fourth-order valence-corrected chi connectivity index (χ4v) is 3.23. The molecule has 1 aliphatic heterocycles. The van der Waals surface area contributed by atoms with Crippen molar-refractivity contribution in [2.45, 2.75) is 6.92 Å². The van der Waals surface area contributed by atoms with Gasteiger partial charge in [0.1, 0.15) is 5.82 Å². The van der Waals surface area contributed by atoms with E-state index >= 15 is 0 Å². The lowest BCUT2D eigenvalue weighted by atomic mass is 10.1. The number of fused-ring (bicyclic) bond motifs is 1. The highest BCUT2D eigenvalue weighted by molar-refractivity contribution is 5.86. The van der Waals surface area contributed by atoms with Crippen molar-refractivity contribution in [1.82, 2.24) is 15.0 Å². The van der Waals surface area contributed by atoms with Crippen LogP contribution < -0.4 is 9.80 Å². The monoisotopic (exact) mass is 386 g/mol. The predicted molar refractivity (Wildman–Crippen MR) is 107 cm³/mol. The molecule has 27 heavy (non-hydrogen) atoms. The van der Waals surface area contributed by atoms with Gasteiger partial charge < -0.3 is 9.80 Å². The molecule has 1 saturated heterocycles. The van der Waals surface area contributed by atoms with Gasteiger partial charge in [0.2, 0.25) is 5.95 Å². The minimum Gasteiger partial charge on any atom is -0.353 e. The summed E-state index contributed by atoms with van der Waals surface area (Å²) in [5.41, 5.74) is 1.86. The third kappa shape index (κ3) is 3.75. The van der Waals surface area contributed by atoms with Gasteiger partial charge in [0.25, 0.3) is 5.69 Å². The summed E-state index contributed by atoms with van der Waals surface area (Å²) in [5.74, 6) is 1.65. The Morgan fingerprint density at radius 3 is 2.37 bits per heavy atom. The first-order valence-electron chi connectivity index (χ1n) is 8.44. The summed E-state index contributed by atoms with van der Waals surface area (Å²) >= 11 is 0. The normalized spacial score (nSPS) is 14.1. The summed E-state index contributed by atoms with van der Waals surface area (Å²) in [6.07, 6.45) is 3.50. The number of hydrogen-bond donors (Lipinski definition) is 0. The molecule has 1 fully saturated rings. The maximum absolute atomic E-state index is 11.0. The smallest absolute Gasteiger partial charge is 0.270 e. The van der Waals surface area contributed by atoms with Gasteiger partial charge in [0.05, 0.1) is 10.4 Å². The zero-order valence-electron chi connectivity index (χ0n) is 14.8. The van der Waals surface area contributed by atoms with Gasteiger partial charge in [-0.25, -0.2) is 15.0 Å². The van der Waals surface area contributed by atoms with Gasteiger partial charge in [-0.3, -0.25) is 10.1 Å². The number of nitro benzene ring substituents is 1. The van der Waals surface area contributed by atoms with E-state index in [9.17, 15) is 10.1 Å². The Balaban J connectivity index is 0.00000210. The predicted octanol–water partition coefficient (Wildman–Crippen LogP) is 2.99. The average molecular weight is 387 g/mol. The number of pyridine rings is 1. The van der Waals surface area contributed by atoms with E-state index in [1.54, 1.807) is 24.5 Å². The molecule has 9 heteroatoms. The van der Waals surface area contributed by atoms with Gasteiger partial charge >= 0.3 is 0 Å². The molecule has 3 aromatic rings. The van der Waals surface area contributed by atoms with Crippen molar-refractivity contribution in [1.29, 1.82) is 0 Å². The molecule has 1 aromatic carbocycles. The first kappa shape index (κ1) is 18.8. The average Bonchev–Trinajstić information content (AvgIpc) is 2.68. The first-order chi connectivity index (χ1) is 12.6. The summed E-state index contributed by atoms with van der Waals surface area (Å²) in [4.78, 5) is 28.3.